The van der Waals surface area contributed by atoms with E-state index in [1.807, 2.05) is 13.0 Å². The Kier molecular flexibility index (Phi) is 3.14. The highest BCUT2D eigenvalue weighted by Crippen LogP contribution is 2.49. The highest BCUT2D eigenvalue weighted by Gasteiger charge is 2.42. The number of nitrogens with zero attached hydrogens (tertiary/aromatic N) is 1. The van der Waals surface area contributed by atoms with E-state index in [-0.39, 0.29) is 11.9 Å². The predicted molar refractivity (Wildman–Crippen MR) is 72.7 cm³/mol. The van der Waals surface area contributed by atoms with Gasteiger partial charge in [0.15, 0.2) is 0 Å². The van der Waals surface area contributed by atoms with Crippen LogP contribution in [0.15, 0.2) is 6.07 Å². The van der Waals surface area contributed by atoms with Crippen LogP contribution in [-0.2, 0) is 0 Å². The largest absolute Gasteiger partial charge is 0.348 e. The van der Waals surface area contributed by atoms with E-state index in [4.69, 9.17) is 0 Å². The number of aryl methyl sites for hydroxylation is 1. The molecule has 0 spiro atoms. The zero-order valence-electron chi connectivity index (χ0n) is 11.0. The molecule has 3 nitrogen and oxygen atoms in total. The first-order valence-electron chi connectivity index (χ1n) is 6.87. The van der Waals surface area contributed by atoms with E-state index in [1.54, 1.807) is 0 Å². The molecule has 2 saturated carbocycles. The Morgan fingerprint density at radius 2 is 2.33 bits per heavy atom. The average molecular weight is 264 g/mol. The SMILES string of the molecule is Cc1cc(C(=O)NC(C)C2CC3CCC2C3)ns1. The maximum absolute atomic E-state index is 12.1. The summed E-state index contributed by atoms with van der Waals surface area (Å²) < 4.78 is 4.17. The van der Waals surface area contributed by atoms with Gasteiger partial charge in [-0.05, 0) is 68.5 Å². The van der Waals surface area contributed by atoms with Crippen molar-refractivity contribution in [2.75, 3.05) is 0 Å². The molecule has 1 aromatic heterocycles. The predicted octanol–water partition coefficient (Wildman–Crippen LogP) is 3.01. The van der Waals surface area contributed by atoms with E-state index in [0.717, 1.165) is 16.7 Å². The van der Waals surface area contributed by atoms with Crippen LogP contribution in [0.25, 0.3) is 0 Å². The summed E-state index contributed by atoms with van der Waals surface area (Å²) in [6.45, 7) is 4.14. The lowest BCUT2D eigenvalue weighted by Crippen LogP contribution is -2.40. The molecule has 1 heterocycles. The van der Waals surface area contributed by atoms with Crippen LogP contribution in [0.5, 0.6) is 0 Å². The highest BCUT2D eigenvalue weighted by atomic mass is 32.1. The lowest BCUT2D eigenvalue weighted by molar-refractivity contribution is 0.0911. The van der Waals surface area contributed by atoms with Crippen molar-refractivity contribution in [3.8, 4) is 0 Å². The third-order valence-corrected chi connectivity index (χ3v) is 5.35. The molecule has 4 atom stereocenters. The van der Waals surface area contributed by atoms with Gasteiger partial charge >= 0.3 is 0 Å². The second-order valence-corrected chi connectivity index (χ2v) is 6.93. The third kappa shape index (κ3) is 2.18. The molecule has 0 radical (unpaired) electrons. The van der Waals surface area contributed by atoms with E-state index < -0.39 is 0 Å². The van der Waals surface area contributed by atoms with Crippen molar-refractivity contribution in [3.63, 3.8) is 0 Å². The number of aromatic nitrogens is 1. The molecule has 2 aliphatic carbocycles. The van der Waals surface area contributed by atoms with Gasteiger partial charge in [-0.15, -0.1) is 0 Å². The molecule has 4 heteroatoms. The summed E-state index contributed by atoms with van der Waals surface area (Å²) in [7, 11) is 0. The Labute approximate surface area is 112 Å². The fraction of sp³-hybridized carbons (Fsp3) is 0.714. The van der Waals surface area contributed by atoms with Gasteiger partial charge in [-0.2, -0.15) is 4.37 Å². The summed E-state index contributed by atoms with van der Waals surface area (Å²) >= 11 is 1.39. The molecule has 3 rings (SSSR count). The zero-order chi connectivity index (χ0) is 12.7. The number of carbonyl (C=O) groups excluding carboxylic acids is 1. The van der Waals surface area contributed by atoms with Gasteiger partial charge in [0.1, 0.15) is 5.69 Å². The summed E-state index contributed by atoms with van der Waals surface area (Å²) in [4.78, 5) is 13.2. The number of rotatable bonds is 3. The first-order valence-corrected chi connectivity index (χ1v) is 7.65. The number of fused-ring (bicyclic) bond motifs is 2. The van der Waals surface area contributed by atoms with Crippen molar-refractivity contribution in [2.24, 2.45) is 17.8 Å². The first kappa shape index (κ1) is 12.2. The molecule has 1 aromatic rings. The molecule has 2 fully saturated rings. The van der Waals surface area contributed by atoms with Gasteiger partial charge in [0.25, 0.3) is 5.91 Å². The number of amides is 1. The summed E-state index contributed by atoms with van der Waals surface area (Å²) in [6, 6.07) is 2.16. The van der Waals surface area contributed by atoms with Gasteiger partial charge in [0, 0.05) is 10.9 Å². The molecule has 1 amide bonds. The van der Waals surface area contributed by atoms with Crippen molar-refractivity contribution >= 4 is 17.4 Å². The fourth-order valence-electron chi connectivity index (χ4n) is 3.77. The Morgan fingerprint density at radius 3 is 2.89 bits per heavy atom. The van der Waals surface area contributed by atoms with Crippen molar-refractivity contribution in [1.29, 1.82) is 0 Å². The fourth-order valence-corrected chi connectivity index (χ4v) is 4.31. The molecule has 0 aliphatic heterocycles. The van der Waals surface area contributed by atoms with Gasteiger partial charge in [-0.1, -0.05) is 6.42 Å². The maximum Gasteiger partial charge on any atom is 0.271 e. The number of hydrogen-bond acceptors (Lipinski definition) is 3. The lowest BCUT2D eigenvalue weighted by atomic mass is 9.84. The summed E-state index contributed by atoms with van der Waals surface area (Å²) in [5.41, 5.74) is 0.576. The molecule has 1 N–H and O–H groups in total. The normalized spacial score (nSPS) is 31.6. The standard InChI is InChI=1S/C14H20N2OS/c1-8-5-13(16-18-8)14(17)15-9(2)12-7-10-3-4-11(12)6-10/h5,9-12H,3-4,6-7H2,1-2H3,(H,15,17). The van der Waals surface area contributed by atoms with E-state index in [1.165, 1.54) is 37.2 Å². The molecule has 2 bridgehead atoms. The topological polar surface area (TPSA) is 42.0 Å². The van der Waals surface area contributed by atoms with Gasteiger partial charge < -0.3 is 5.32 Å². The van der Waals surface area contributed by atoms with Gasteiger partial charge in [-0.25, -0.2) is 0 Å². The van der Waals surface area contributed by atoms with Crippen LogP contribution in [0.2, 0.25) is 0 Å². The van der Waals surface area contributed by atoms with Crippen LogP contribution in [0.1, 0.15) is 48.0 Å². The van der Waals surface area contributed by atoms with Crippen LogP contribution in [0, 0.1) is 24.7 Å². The lowest BCUT2D eigenvalue weighted by Gasteiger charge is -2.28. The van der Waals surface area contributed by atoms with Crippen molar-refractivity contribution in [3.05, 3.63) is 16.6 Å². The summed E-state index contributed by atoms with van der Waals surface area (Å²) in [6.07, 6.45) is 5.47. The van der Waals surface area contributed by atoms with Gasteiger partial charge in [0.05, 0.1) is 0 Å². The smallest absolute Gasteiger partial charge is 0.271 e. The average Bonchev–Trinajstić information content (AvgIpc) is 3.03. The number of nitrogens with one attached hydrogen (secondary N) is 1. The zero-order valence-corrected chi connectivity index (χ0v) is 11.8. The van der Waals surface area contributed by atoms with Crippen LogP contribution in [-0.4, -0.2) is 16.3 Å². The van der Waals surface area contributed by atoms with Crippen LogP contribution < -0.4 is 5.32 Å². The molecule has 98 valence electrons. The van der Waals surface area contributed by atoms with E-state index in [0.29, 0.717) is 11.6 Å². The van der Waals surface area contributed by atoms with E-state index >= 15 is 0 Å². The minimum atomic E-state index is -0.00498. The Hall–Kier alpha value is -0.900. The molecule has 4 unspecified atom stereocenters. The Bertz CT molecular complexity index is 456. The second kappa shape index (κ2) is 4.65. The van der Waals surface area contributed by atoms with Crippen LogP contribution in [0.4, 0.5) is 0 Å². The summed E-state index contributed by atoms with van der Waals surface area (Å²) in [5, 5.41) is 3.14. The van der Waals surface area contributed by atoms with Gasteiger partial charge in [-0.3, -0.25) is 4.79 Å². The van der Waals surface area contributed by atoms with E-state index in [9.17, 15) is 4.79 Å². The number of hydrogen-bond donors (Lipinski definition) is 1. The van der Waals surface area contributed by atoms with E-state index in [2.05, 4.69) is 16.6 Å². The maximum atomic E-state index is 12.1. The molecule has 2 aliphatic rings. The first-order chi connectivity index (χ1) is 8.63. The monoisotopic (exact) mass is 264 g/mol. The summed E-state index contributed by atoms with van der Waals surface area (Å²) in [5.74, 6) is 2.46. The molecule has 0 aromatic carbocycles. The van der Waals surface area contributed by atoms with Crippen molar-refractivity contribution in [1.82, 2.24) is 9.69 Å². The second-order valence-electron chi connectivity index (χ2n) is 5.92. The molecular weight excluding hydrogens is 244 g/mol. The van der Waals surface area contributed by atoms with Crippen LogP contribution >= 0.6 is 11.5 Å². The Morgan fingerprint density at radius 1 is 1.50 bits per heavy atom. The quantitative estimate of drug-likeness (QED) is 0.912. The third-order valence-electron chi connectivity index (χ3n) is 4.65. The molecule has 18 heavy (non-hydrogen) atoms. The van der Waals surface area contributed by atoms with Crippen LogP contribution in [0.3, 0.4) is 0 Å². The minimum absolute atomic E-state index is 0.00498. The molecular formula is C14H20N2OS. The molecule has 0 saturated heterocycles. The number of carbonyl (C=O) groups is 1. The van der Waals surface area contributed by atoms with Gasteiger partial charge in [0.2, 0.25) is 0 Å². The van der Waals surface area contributed by atoms with Crippen molar-refractivity contribution in [2.45, 2.75) is 45.6 Å². The van der Waals surface area contributed by atoms with Crippen molar-refractivity contribution < 1.29 is 4.79 Å². The minimum Gasteiger partial charge on any atom is -0.348 e. The highest BCUT2D eigenvalue weighted by molar-refractivity contribution is 7.05. The Balaban J connectivity index is 1.61.